The summed E-state index contributed by atoms with van der Waals surface area (Å²) in [6.45, 7) is 1.44. The lowest BCUT2D eigenvalue weighted by Gasteiger charge is -2.11. The molecule has 2 aromatic rings. The van der Waals surface area contributed by atoms with E-state index in [0.29, 0.717) is 5.69 Å². The second-order valence-electron chi connectivity index (χ2n) is 5.90. The Morgan fingerprint density at radius 1 is 1.11 bits per heavy atom. The van der Waals surface area contributed by atoms with Crippen LogP contribution >= 0.6 is 15.9 Å². The molecule has 0 aliphatic rings. The summed E-state index contributed by atoms with van der Waals surface area (Å²) >= 11 is 3.37. The van der Waals surface area contributed by atoms with Crippen LogP contribution in [0.4, 0.5) is 5.69 Å². The first-order chi connectivity index (χ1) is 12.6. The molecule has 0 fully saturated rings. The van der Waals surface area contributed by atoms with Crippen LogP contribution in [-0.4, -0.2) is 45.3 Å². The van der Waals surface area contributed by atoms with Crippen molar-refractivity contribution in [2.24, 2.45) is 0 Å². The monoisotopic (exact) mass is 454 g/mol. The molecule has 7 nitrogen and oxygen atoms in total. The summed E-state index contributed by atoms with van der Waals surface area (Å²) in [7, 11) is -0.733. The lowest BCUT2D eigenvalue weighted by Crippen LogP contribution is -2.22. The number of amides is 1. The maximum atomic E-state index is 12.0. The van der Waals surface area contributed by atoms with Crippen LogP contribution < -0.4 is 5.32 Å². The Bertz CT molecular complexity index is 956. The predicted molar refractivity (Wildman–Crippen MR) is 105 cm³/mol. The van der Waals surface area contributed by atoms with Crippen molar-refractivity contribution < 1.29 is 22.7 Å². The number of hydrogen-bond donors (Lipinski definition) is 1. The van der Waals surface area contributed by atoms with Gasteiger partial charge in [0.15, 0.2) is 6.61 Å². The van der Waals surface area contributed by atoms with Crippen molar-refractivity contribution >= 4 is 43.5 Å². The van der Waals surface area contributed by atoms with E-state index in [1.54, 1.807) is 18.2 Å². The highest BCUT2D eigenvalue weighted by atomic mass is 79.9. The van der Waals surface area contributed by atoms with E-state index in [4.69, 9.17) is 4.74 Å². The number of ether oxygens (including phenoxy) is 1. The summed E-state index contributed by atoms with van der Waals surface area (Å²) in [6.07, 6.45) is 0. The zero-order valence-electron chi connectivity index (χ0n) is 15.0. The van der Waals surface area contributed by atoms with E-state index in [1.807, 2.05) is 6.92 Å². The molecule has 0 saturated heterocycles. The van der Waals surface area contributed by atoms with E-state index in [9.17, 15) is 18.0 Å². The van der Waals surface area contributed by atoms with Gasteiger partial charge in [-0.3, -0.25) is 4.79 Å². The Kier molecular flexibility index (Phi) is 6.74. The molecule has 0 radical (unpaired) electrons. The molecule has 2 aromatic carbocycles. The fourth-order valence-electron chi connectivity index (χ4n) is 2.11. The Morgan fingerprint density at radius 2 is 1.74 bits per heavy atom. The zero-order chi connectivity index (χ0) is 20.2. The first kappa shape index (κ1) is 21.1. The quantitative estimate of drug-likeness (QED) is 0.677. The molecule has 0 spiro atoms. The average Bonchev–Trinajstić information content (AvgIpc) is 2.62. The normalized spacial score (nSPS) is 11.3. The molecule has 0 atom stereocenters. The van der Waals surface area contributed by atoms with Gasteiger partial charge in [-0.1, -0.05) is 15.9 Å². The number of hydrogen-bond acceptors (Lipinski definition) is 5. The van der Waals surface area contributed by atoms with Crippen LogP contribution in [0.15, 0.2) is 51.8 Å². The molecule has 1 N–H and O–H groups in total. The van der Waals surface area contributed by atoms with E-state index in [1.165, 1.54) is 38.4 Å². The van der Waals surface area contributed by atoms with E-state index in [0.717, 1.165) is 14.3 Å². The lowest BCUT2D eigenvalue weighted by atomic mass is 10.2. The number of nitrogens with one attached hydrogen (secondary N) is 1. The highest BCUT2D eigenvalue weighted by Crippen LogP contribution is 2.20. The third kappa shape index (κ3) is 5.38. The largest absolute Gasteiger partial charge is 0.452 e. The summed E-state index contributed by atoms with van der Waals surface area (Å²) in [5, 5.41) is 2.64. The molecule has 0 aliphatic heterocycles. The molecule has 0 heterocycles. The smallest absolute Gasteiger partial charge is 0.338 e. The fraction of sp³-hybridized carbons (Fsp3) is 0.222. The molecule has 0 unspecified atom stereocenters. The predicted octanol–water partition coefficient (Wildman–Crippen LogP) is 2.80. The van der Waals surface area contributed by atoms with Crippen molar-refractivity contribution in [3.8, 4) is 0 Å². The van der Waals surface area contributed by atoms with Gasteiger partial charge in [-0.2, -0.15) is 0 Å². The van der Waals surface area contributed by atoms with Gasteiger partial charge in [0.1, 0.15) is 0 Å². The van der Waals surface area contributed by atoms with Crippen molar-refractivity contribution in [1.82, 2.24) is 4.31 Å². The minimum atomic E-state index is -3.57. The number of nitrogens with zero attached hydrogens (tertiary/aromatic N) is 1. The SMILES string of the molecule is Cc1cc(NC(=O)COC(=O)c2ccc(S(=O)(=O)N(C)C)cc2)ccc1Br. The number of rotatable bonds is 6. The minimum absolute atomic E-state index is 0.0624. The van der Waals surface area contributed by atoms with Crippen LogP contribution in [0.3, 0.4) is 0 Å². The molecule has 1 amide bonds. The number of carbonyl (C=O) groups is 2. The van der Waals surface area contributed by atoms with Gasteiger partial charge in [0.25, 0.3) is 5.91 Å². The lowest BCUT2D eigenvalue weighted by molar-refractivity contribution is -0.119. The van der Waals surface area contributed by atoms with E-state index in [-0.39, 0.29) is 10.5 Å². The van der Waals surface area contributed by atoms with Crippen molar-refractivity contribution in [3.63, 3.8) is 0 Å². The molecule has 2 rings (SSSR count). The van der Waals surface area contributed by atoms with Gasteiger partial charge in [0, 0.05) is 24.3 Å². The second kappa shape index (κ2) is 8.64. The fourth-order valence-corrected chi connectivity index (χ4v) is 3.26. The van der Waals surface area contributed by atoms with Gasteiger partial charge < -0.3 is 10.1 Å². The Morgan fingerprint density at radius 3 is 2.30 bits per heavy atom. The Labute approximate surface area is 166 Å². The van der Waals surface area contributed by atoms with Gasteiger partial charge in [-0.15, -0.1) is 0 Å². The van der Waals surface area contributed by atoms with E-state index in [2.05, 4.69) is 21.2 Å². The summed E-state index contributed by atoms with van der Waals surface area (Å²) in [6, 6.07) is 10.6. The maximum Gasteiger partial charge on any atom is 0.338 e. The van der Waals surface area contributed by atoms with Gasteiger partial charge in [-0.05, 0) is 55.0 Å². The van der Waals surface area contributed by atoms with E-state index >= 15 is 0 Å². The molecule has 0 aliphatic carbocycles. The van der Waals surface area contributed by atoms with Crippen LogP contribution in [0, 0.1) is 6.92 Å². The zero-order valence-corrected chi connectivity index (χ0v) is 17.4. The van der Waals surface area contributed by atoms with Crippen LogP contribution in [0.1, 0.15) is 15.9 Å². The molecule has 0 saturated carbocycles. The van der Waals surface area contributed by atoms with Gasteiger partial charge in [0.05, 0.1) is 10.5 Å². The van der Waals surface area contributed by atoms with Crippen LogP contribution in [-0.2, 0) is 19.6 Å². The first-order valence-corrected chi connectivity index (χ1v) is 10.1. The second-order valence-corrected chi connectivity index (χ2v) is 8.91. The van der Waals surface area contributed by atoms with Crippen LogP contribution in [0.5, 0.6) is 0 Å². The minimum Gasteiger partial charge on any atom is -0.452 e. The third-order valence-corrected chi connectivity index (χ3v) is 6.36. The van der Waals surface area contributed by atoms with Gasteiger partial charge >= 0.3 is 5.97 Å². The first-order valence-electron chi connectivity index (χ1n) is 7.87. The van der Waals surface area contributed by atoms with Crippen molar-refractivity contribution in [3.05, 3.63) is 58.1 Å². The van der Waals surface area contributed by atoms with Gasteiger partial charge in [0.2, 0.25) is 10.0 Å². The number of halogens is 1. The van der Waals surface area contributed by atoms with Crippen LogP contribution in [0.25, 0.3) is 0 Å². The molecule has 27 heavy (non-hydrogen) atoms. The summed E-state index contributed by atoms with van der Waals surface area (Å²) in [4.78, 5) is 24.0. The number of anilines is 1. The average molecular weight is 455 g/mol. The Balaban J connectivity index is 1.95. The number of benzene rings is 2. The number of carbonyl (C=O) groups excluding carboxylic acids is 2. The Hall–Kier alpha value is -2.23. The van der Waals surface area contributed by atoms with Crippen LogP contribution in [0.2, 0.25) is 0 Å². The molecular formula is C18H19BrN2O5S. The molecule has 9 heteroatoms. The van der Waals surface area contributed by atoms with Crippen molar-refractivity contribution in [2.45, 2.75) is 11.8 Å². The van der Waals surface area contributed by atoms with Crippen molar-refractivity contribution in [2.75, 3.05) is 26.0 Å². The topological polar surface area (TPSA) is 92.8 Å². The third-order valence-electron chi connectivity index (χ3n) is 3.64. The summed E-state index contributed by atoms with van der Waals surface area (Å²) in [5.41, 5.74) is 1.70. The summed E-state index contributed by atoms with van der Waals surface area (Å²) < 4.78 is 31.0. The van der Waals surface area contributed by atoms with Gasteiger partial charge in [-0.25, -0.2) is 17.5 Å². The molecule has 0 bridgehead atoms. The molecule has 144 valence electrons. The summed E-state index contributed by atoms with van der Waals surface area (Å²) in [5.74, 6) is -1.19. The number of aryl methyl sites for hydroxylation is 1. The highest BCUT2D eigenvalue weighted by molar-refractivity contribution is 9.10. The highest BCUT2D eigenvalue weighted by Gasteiger charge is 2.18. The molecular weight excluding hydrogens is 436 g/mol. The van der Waals surface area contributed by atoms with E-state index < -0.39 is 28.5 Å². The number of sulfonamides is 1. The number of esters is 1. The van der Waals surface area contributed by atoms with Crippen molar-refractivity contribution in [1.29, 1.82) is 0 Å². The standard InChI is InChI=1S/C18H19BrN2O5S/c1-12-10-14(6-9-16(12)19)20-17(22)11-26-18(23)13-4-7-15(8-5-13)27(24,25)21(2)3/h4-10H,11H2,1-3H3,(H,20,22). The maximum absolute atomic E-state index is 12.0. The molecule has 0 aromatic heterocycles.